The van der Waals surface area contributed by atoms with Gasteiger partial charge in [-0.2, -0.15) is 13.2 Å². The number of carbonyl (C=O) groups is 2. The molecule has 0 unspecified atom stereocenters. The molecule has 29 heavy (non-hydrogen) atoms. The maximum atomic E-state index is 12.9. The lowest BCUT2D eigenvalue weighted by atomic mass is 10.0. The molecule has 0 saturated carbocycles. The normalized spacial score (nSPS) is 13.1. The third-order valence-corrected chi connectivity index (χ3v) is 4.85. The maximum Gasteiger partial charge on any atom is 0.416 e. The largest absolute Gasteiger partial charge is 0.416 e. The Hall–Kier alpha value is -3.61. The second-order valence-electron chi connectivity index (χ2n) is 6.64. The Morgan fingerprint density at radius 3 is 2.45 bits per heavy atom. The third-order valence-electron chi connectivity index (χ3n) is 4.85. The number of hydrogen-bond donors (Lipinski definition) is 1. The molecular formula is C22H15F3N2O2. The highest BCUT2D eigenvalue weighted by Crippen LogP contribution is 2.41. The van der Waals surface area contributed by atoms with Crippen molar-refractivity contribution in [1.29, 1.82) is 0 Å². The van der Waals surface area contributed by atoms with Crippen molar-refractivity contribution in [2.45, 2.75) is 12.7 Å². The summed E-state index contributed by atoms with van der Waals surface area (Å²) in [5.74, 6) is -0.602. The van der Waals surface area contributed by atoms with Crippen LogP contribution in [0.2, 0.25) is 0 Å². The quantitative estimate of drug-likeness (QED) is 0.621. The van der Waals surface area contributed by atoms with E-state index in [1.807, 2.05) is 0 Å². The van der Waals surface area contributed by atoms with Crippen LogP contribution in [0.1, 0.15) is 21.5 Å². The molecule has 3 aromatic rings. The molecule has 2 amide bonds. The molecule has 4 nitrogen and oxygen atoms in total. The molecule has 1 N–H and O–H groups in total. The van der Waals surface area contributed by atoms with Crippen LogP contribution in [0.5, 0.6) is 0 Å². The second kappa shape index (κ2) is 6.77. The van der Waals surface area contributed by atoms with Gasteiger partial charge < -0.3 is 10.2 Å². The van der Waals surface area contributed by atoms with E-state index in [2.05, 4.69) is 11.9 Å². The second-order valence-corrected chi connectivity index (χ2v) is 6.64. The van der Waals surface area contributed by atoms with E-state index in [-0.39, 0.29) is 18.4 Å². The number of benzene rings is 3. The monoisotopic (exact) mass is 396 g/mol. The molecule has 0 bridgehead atoms. The van der Waals surface area contributed by atoms with E-state index in [0.717, 1.165) is 18.2 Å². The SMILES string of the molecule is C=CC(=O)Nc1ccc2c3c(cccc13)C(=O)N2Cc1ccc(C(F)(F)F)cc1. The van der Waals surface area contributed by atoms with Crippen LogP contribution in [0, 0.1) is 0 Å². The number of halogens is 3. The highest BCUT2D eigenvalue weighted by Gasteiger charge is 2.32. The fourth-order valence-corrected chi connectivity index (χ4v) is 3.48. The molecule has 1 aliphatic heterocycles. The van der Waals surface area contributed by atoms with Crippen molar-refractivity contribution in [2.24, 2.45) is 0 Å². The van der Waals surface area contributed by atoms with Gasteiger partial charge in [0.2, 0.25) is 5.91 Å². The van der Waals surface area contributed by atoms with Crippen LogP contribution in [0.4, 0.5) is 24.5 Å². The van der Waals surface area contributed by atoms with Gasteiger partial charge in [0.05, 0.1) is 17.8 Å². The van der Waals surface area contributed by atoms with Crippen molar-refractivity contribution < 1.29 is 22.8 Å². The molecule has 0 saturated heterocycles. The van der Waals surface area contributed by atoms with Crippen LogP contribution < -0.4 is 10.2 Å². The molecule has 4 rings (SSSR count). The predicted molar refractivity (Wildman–Crippen MR) is 105 cm³/mol. The number of hydrogen-bond acceptors (Lipinski definition) is 2. The minimum absolute atomic E-state index is 0.138. The highest BCUT2D eigenvalue weighted by atomic mass is 19.4. The first kappa shape index (κ1) is 18.7. The van der Waals surface area contributed by atoms with E-state index in [9.17, 15) is 22.8 Å². The molecule has 0 radical (unpaired) electrons. The summed E-state index contributed by atoms with van der Waals surface area (Å²) in [6.45, 7) is 3.57. The Kier molecular flexibility index (Phi) is 4.38. The summed E-state index contributed by atoms with van der Waals surface area (Å²) in [6, 6.07) is 13.4. The number of carbonyl (C=O) groups excluding carboxylic acids is 2. The molecule has 146 valence electrons. The van der Waals surface area contributed by atoms with Crippen molar-refractivity contribution in [3.63, 3.8) is 0 Å². The summed E-state index contributed by atoms with van der Waals surface area (Å²) in [4.78, 5) is 26.2. The van der Waals surface area contributed by atoms with Gasteiger partial charge >= 0.3 is 6.18 Å². The average molecular weight is 396 g/mol. The number of nitrogens with zero attached hydrogens (tertiary/aromatic N) is 1. The van der Waals surface area contributed by atoms with Gasteiger partial charge in [0.15, 0.2) is 0 Å². The fourth-order valence-electron chi connectivity index (χ4n) is 3.48. The molecule has 1 heterocycles. The number of rotatable bonds is 4. The summed E-state index contributed by atoms with van der Waals surface area (Å²) in [7, 11) is 0. The van der Waals surface area contributed by atoms with Crippen LogP contribution in [-0.4, -0.2) is 11.8 Å². The lowest BCUT2D eigenvalue weighted by molar-refractivity contribution is -0.137. The summed E-state index contributed by atoms with van der Waals surface area (Å²) in [5.41, 5.74) is 1.54. The van der Waals surface area contributed by atoms with E-state index in [1.165, 1.54) is 17.0 Å². The van der Waals surface area contributed by atoms with Gasteiger partial charge in [-0.3, -0.25) is 9.59 Å². The summed E-state index contributed by atoms with van der Waals surface area (Å²) in [6.07, 6.45) is -3.25. The first-order valence-corrected chi connectivity index (χ1v) is 8.77. The first-order chi connectivity index (χ1) is 13.8. The topological polar surface area (TPSA) is 49.4 Å². The number of nitrogens with one attached hydrogen (secondary N) is 1. The van der Waals surface area contributed by atoms with Crippen molar-refractivity contribution in [3.8, 4) is 0 Å². The lowest BCUT2D eigenvalue weighted by Gasteiger charge is -2.19. The number of anilines is 2. The Balaban J connectivity index is 1.71. The lowest BCUT2D eigenvalue weighted by Crippen LogP contribution is -2.26. The highest BCUT2D eigenvalue weighted by molar-refractivity contribution is 6.27. The Morgan fingerprint density at radius 2 is 1.79 bits per heavy atom. The van der Waals surface area contributed by atoms with Crippen LogP contribution in [-0.2, 0) is 17.5 Å². The number of amides is 2. The fraction of sp³-hybridized carbons (Fsp3) is 0.0909. The van der Waals surface area contributed by atoms with Gasteiger partial charge in [0.25, 0.3) is 5.91 Å². The molecule has 1 aliphatic rings. The molecular weight excluding hydrogens is 381 g/mol. The Bertz CT molecular complexity index is 1150. The Labute approximate surface area is 164 Å². The zero-order valence-corrected chi connectivity index (χ0v) is 15.1. The summed E-state index contributed by atoms with van der Waals surface area (Å²) < 4.78 is 38.3. The van der Waals surface area contributed by atoms with Gasteiger partial charge in [0.1, 0.15) is 0 Å². The molecule has 3 aromatic carbocycles. The van der Waals surface area contributed by atoms with Crippen molar-refractivity contribution in [1.82, 2.24) is 0 Å². The van der Waals surface area contributed by atoms with Gasteiger partial charge in [-0.1, -0.05) is 30.8 Å². The maximum absolute atomic E-state index is 12.9. The average Bonchev–Trinajstić information content (AvgIpc) is 2.97. The Morgan fingerprint density at radius 1 is 1.07 bits per heavy atom. The van der Waals surface area contributed by atoms with E-state index in [1.54, 1.807) is 30.3 Å². The molecule has 0 atom stereocenters. The van der Waals surface area contributed by atoms with Crippen molar-refractivity contribution in [3.05, 3.63) is 83.9 Å². The smallest absolute Gasteiger partial charge is 0.322 e. The molecule has 7 heteroatoms. The van der Waals surface area contributed by atoms with E-state index >= 15 is 0 Å². The van der Waals surface area contributed by atoms with Gasteiger partial charge in [-0.05, 0) is 42.0 Å². The van der Waals surface area contributed by atoms with Crippen LogP contribution >= 0.6 is 0 Å². The van der Waals surface area contributed by atoms with Gasteiger partial charge in [0, 0.05) is 22.0 Å². The number of alkyl halides is 3. The third kappa shape index (κ3) is 3.24. The zero-order valence-electron chi connectivity index (χ0n) is 15.1. The molecule has 0 spiro atoms. The minimum atomic E-state index is -4.41. The van der Waals surface area contributed by atoms with Gasteiger partial charge in [-0.15, -0.1) is 0 Å². The van der Waals surface area contributed by atoms with E-state index in [4.69, 9.17) is 0 Å². The van der Waals surface area contributed by atoms with Gasteiger partial charge in [-0.25, -0.2) is 0 Å². The molecule has 0 fully saturated rings. The predicted octanol–water partition coefficient (Wildman–Crippen LogP) is 5.14. The summed E-state index contributed by atoms with van der Waals surface area (Å²) >= 11 is 0. The van der Waals surface area contributed by atoms with Crippen LogP contribution in [0.15, 0.2) is 67.3 Å². The van der Waals surface area contributed by atoms with Crippen molar-refractivity contribution in [2.75, 3.05) is 10.2 Å². The first-order valence-electron chi connectivity index (χ1n) is 8.77. The molecule has 0 aliphatic carbocycles. The zero-order chi connectivity index (χ0) is 20.8. The summed E-state index contributed by atoms with van der Waals surface area (Å²) in [5, 5.41) is 4.13. The molecule has 0 aromatic heterocycles. The standard InChI is InChI=1S/C22H15F3N2O2/c1-2-19(28)26-17-10-11-18-20-15(17)4-3-5-16(20)21(29)27(18)12-13-6-8-14(9-7-13)22(23,24)25/h2-11H,1,12H2,(H,26,28). The van der Waals surface area contributed by atoms with Crippen LogP contribution in [0.25, 0.3) is 10.8 Å². The van der Waals surface area contributed by atoms with E-state index in [0.29, 0.717) is 33.3 Å². The van der Waals surface area contributed by atoms with E-state index < -0.39 is 11.7 Å². The minimum Gasteiger partial charge on any atom is -0.322 e. The van der Waals surface area contributed by atoms with Crippen LogP contribution in [0.3, 0.4) is 0 Å². The van der Waals surface area contributed by atoms with Crippen molar-refractivity contribution >= 4 is 34.0 Å².